The second-order valence-corrected chi connectivity index (χ2v) is 7.64. The first-order chi connectivity index (χ1) is 13.9. The number of amides is 2. The van der Waals surface area contributed by atoms with Gasteiger partial charge in [-0.05, 0) is 42.5 Å². The van der Waals surface area contributed by atoms with Crippen molar-refractivity contribution in [2.24, 2.45) is 0 Å². The fourth-order valence-electron chi connectivity index (χ4n) is 3.69. The highest BCUT2D eigenvalue weighted by Gasteiger charge is 2.30. The molecule has 1 fully saturated rings. The van der Waals surface area contributed by atoms with Crippen molar-refractivity contribution in [3.63, 3.8) is 0 Å². The summed E-state index contributed by atoms with van der Waals surface area (Å²) in [5, 5.41) is 3.12. The largest absolute Gasteiger partial charge is 0.416 e. The van der Waals surface area contributed by atoms with E-state index in [1.807, 2.05) is 30.3 Å². The van der Waals surface area contributed by atoms with Gasteiger partial charge in [-0.15, -0.1) is 0 Å². The topological polar surface area (TPSA) is 32.3 Å². The van der Waals surface area contributed by atoms with E-state index in [4.69, 9.17) is 0 Å². The van der Waals surface area contributed by atoms with Crippen LogP contribution >= 0.6 is 0 Å². The Kier molecular flexibility index (Phi) is 7.18. The van der Waals surface area contributed by atoms with Crippen molar-refractivity contribution in [1.82, 2.24) is 10.2 Å². The molecule has 0 saturated heterocycles. The molecule has 0 spiro atoms. The molecule has 2 amide bonds. The predicted molar refractivity (Wildman–Crippen MR) is 107 cm³/mol. The van der Waals surface area contributed by atoms with Crippen LogP contribution in [0, 0.1) is 0 Å². The first-order valence-electron chi connectivity index (χ1n) is 10.2. The van der Waals surface area contributed by atoms with E-state index >= 15 is 0 Å². The smallest absolute Gasteiger partial charge is 0.335 e. The first-order valence-corrected chi connectivity index (χ1v) is 10.2. The number of rotatable bonds is 6. The van der Waals surface area contributed by atoms with Crippen LogP contribution < -0.4 is 5.32 Å². The number of carbonyl (C=O) groups excluding carboxylic acids is 1. The van der Waals surface area contributed by atoms with Crippen LogP contribution in [0.1, 0.15) is 48.8 Å². The van der Waals surface area contributed by atoms with Gasteiger partial charge in [-0.3, -0.25) is 0 Å². The number of benzene rings is 2. The fourth-order valence-corrected chi connectivity index (χ4v) is 3.69. The number of carbonyl (C=O) groups is 1. The molecule has 6 heteroatoms. The van der Waals surface area contributed by atoms with Crippen LogP contribution in [0.3, 0.4) is 0 Å². The molecule has 0 bridgehead atoms. The normalized spacial score (nSPS) is 15.1. The first kappa shape index (κ1) is 21.2. The van der Waals surface area contributed by atoms with Gasteiger partial charge in [0.15, 0.2) is 0 Å². The van der Waals surface area contributed by atoms with Crippen LogP contribution in [0.5, 0.6) is 0 Å². The molecule has 1 aliphatic rings. The molecule has 0 radical (unpaired) electrons. The summed E-state index contributed by atoms with van der Waals surface area (Å²) in [7, 11) is 0. The third kappa shape index (κ3) is 6.51. The molecule has 156 valence electrons. The summed E-state index contributed by atoms with van der Waals surface area (Å²) in [5.41, 5.74) is 1.13. The van der Waals surface area contributed by atoms with Gasteiger partial charge in [0.1, 0.15) is 0 Å². The highest BCUT2D eigenvalue weighted by Crippen LogP contribution is 2.29. The Morgan fingerprint density at radius 2 is 1.59 bits per heavy atom. The standard InChI is InChI=1S/C23H27F3N2O/c24-23(25,26)20-13-11-19(12-14-20)17-28(16-15-18-7-3-1-4-8-18)22(29)27-21-9-5-2-6-10-21/h1,3-4,7-8,11-14,21H,2,5-6,9-10,15-17H2,(H,27,29). The molecule has 1 aliphatic carbocycles. The molecule has 3 nitrogen and oxygen atoms in total. The summed E-state index contributed by atoms with van der Waals surface area (Å²) >= 11 is 0. The highest BCUT2D eigenvalue weighted by molar-refractivity contribution is 5.74. The molecule has 0 aromatic heterocycles. The van der Waals surface area contributed by atoms with Crippen molar-refractivity contribution < 1.29 is 18.0 Å². The lowest BCUT2D eigenvalue weighted by Crippen LogP contribution is -2.45. The summed E-state index contributed by atoms with van der Waals surface area (Å²) in [5.74, 6) is 0. The lowest BCUT2D eigenvalue weighted by atomic mass is 9.96. The van der Waals surface area contributed by atoms with E-state index in [2.05, 4.69) is 5.32 Å². The molecule has 1 N–H and O–H groups in total. The molecule has 2 aromatic rings. The monoisotopic (exact) mass is 404 g/mol. The second kappa shape index (κ2) is 9.81. The van der Waals surface area contributed by atoms with Gasteiger partial charge in [0.25, 0.3) is 0 Å². The molecular weight excluding hydrogens is 377 g/mol. The zero-order chi connectivity index (χ0) is 20.7. The summed E-state index contributed by atoms with van der Waals surface area (Å²) in [6, 6.07) is 15.0. The van der Waals surface area contributed by atoms with E-state index in [-0.39, 0.29) is 18.6 Å². The Morgan fingerprint density at radius 1 is 0.931 bits per heavy atom. The van der Waals surface area contributed by atoms with Gasteiger partial charge in [-0.25, -0.2) is 4.79 Å². The summed E-state index contributed by atoms with van der Waals surface area (Å²) < 4.78 is 38.4. The molecule has 0 atom stereocenters. The Balaban J connectivity index is 1.67. The van der Waals surface area contributed by atoms with Crippen LogP contribution in [0.2, 0.25) is 0 Å². The van der Waals surface area contributed by atoms with Crippen LogP contribution in [0.4, 0.5) is 18.0 Å². The van der Waals surface area contributed by atoms with Crippen LogP contribution in [0.15, 0.2) is 54.6 Å². The average molecular weight is 404 g/mol. The van der Waals surface area contributed by atoms with Crippen molar-refractivity contribution in [3.05, 3.63) is 71.3 Å². The van der Waals surface area contributed by atoms with Gasteiger partial charge >= 0.3 is 12.2 Å². The number of hydrogen-bond acceptors (Lipinski definition) is 1. The Hall–Kier alpha value is -2.50. The molecule has 0 aliphatic heterocycles. The summed E-state index contributed by atoms with van der Waals surface area (Å²) in [6.07, 6.45) is 1.75. The Morgan fingerprint density at radius 3 is 2.21 bits per heavy atom. The lowest BCUT2D eigenvalue weighted by molar-refractivity contribution is -0.137. The molecule has 0 heterocycles. The van der Waals surface area contributed by atoms with Gasteiger partial charge in [-0.2, -0.15) is 13.2 Å². The number of hydrogen-bond donors (Lipinski definition) is 1. The average Bonchev–Trinajstić information content (AvgIpc) is 2.72. The van der Waals surface area contributed by atoms with Gasteiger partial charge in [0.05, 0.1) is 5.56 Å². The van der Waals surface area contributed by atoms with Crippen molar-refractivity contribution in [2.45, 2.75) is 57.3 Å². The van der Waals surface area contributed by atoms with E-state index in [0.717, 1.165) is 43.4 Å². The minimum atomic E-state index is -4.36. The van der Waals surface area contributed by atoms with Gasteiger partial charge in [-0.1, -0.05) is 61.7 Å². The highest BCUT2D eigenvalue weighted by atomic mass is 19.4. The number of urea groups is 1. The molecule has 3 rings (SSSR count). The number of nitrogens with zero attached hydrogens (tertiary/aromatic N) is 1. The van der Waals surface area contributed by atoms with Crippen molar-refractivity contribution in [2.75, 3.05) is 6.54 Å². The van der Waals surface area contributed by atoms with Gasteiger partial charge in [0, 0.05) is 19.1 Å². The fraction of sp³-hybridized carbons (Fsp3) is 0.435. The second-order valence-electron chi connectivity index (χ2n) is 7.64. The van der Waals surface area contributed by atoms with E-state index < -0.39 is 11.7 Å². The number of halogens is 3. The maximum absolute atomic E-state index is 12.9. The van der Waals surface area contributed by atoms with E-state index in [0.29, 0.717) is 18.5 Å². The van der Waals surface area contributed by atoms with Crippen molar-refractivity contribution >= 4 is 6.03 Å². The van der Waals surface area contributed by atoms with Gasteiger partial charge < -0.3 is 10.2 Å². The third-order valence-corrected chi connectivity index (χ3v) is 5.39. The molecule has 0 unspecified atom stereocenters. The SMILES string of the molecule is O=C(NC1CCCCC1)N(CCc1ccccc1)Cc1ccc(C(F)(F)F)cc1. The third-order valence-electron chi connectivity index (χ3n) is 5.39. The zero-order valence-corrected chi connectivity index (χ0v) is 16.4. The predicted octanol–water partition coefficient (Wildman–Crippen LogP) is 5.79. The minimum absolute atomic E-state index is 0.146. The number of nitrogens with one attached hydrogen (secondary N) is 1. The lowest BCUT2D eigenvalue weighted by Gasteiger charge is -2.28. The van der Waals surface area contributed by atoms with Crippen LogP contribution in [-0.4, -0.2) is 23.5 Å². The number of alkyl halides is 3. The molecule has 29 heavy (non-hydrogen) atoms. The van der Waals surface area contributed by atoms with Gasteiger partial charge in [0.2, 0.25) is 0 Å². The zero-order valence-electron chi connectivity index (χ0n) is 16.4. The van der Waals surface area contributed by atoms with E-state index in [1.54, 1.807) is 4.90 Å². The van der Waals surface area contributed by atoms with Crippen LogP contribution in [0.25, 0.3) is 0 Å². The molecule has 1 saturated carbocycles. The Bertz CT molecular complexity index is 769. The maximum atomic E-state index is 12.9. The molecule has 2 aromatic carbocycles. The van der Waals surface area contributed by atoms with Crippen molar-refractivity contribution in [3.8, 4) is 0 Å². The summed E-state index contributed by atoms with van der Waals surface area (Å²) in [4.78, 5) is 14.6. The summed E-state index contributed by atoms with van der Waals surface area (Å²) in [6.45, 7) is 0.785. The minimum Gasteiger partial charge on any atom is -0.335 e. The van der Waals surface area contributed by atoms with Crippen molar-refractivity contribution in [1.29, 1.82) is 0 Å². The van der Waals surface area contributed by atoms with E-state index in [1.165, 1.54) is 18.6 Å². The Labute approximate surface area is 169 Å². The molecular formula is C23H27F3N2O. The quantitative estimate of drug-likeness (QED) is 0.649. The van der Waals surface area contributed by atoms with E-state index in [9.17, 15) is 18.0 Å². The maximum Gasteiger partial charge on any atom is 0.416 e. The van der Waals surface area contributed by atoms with Crippen LogP contribution in [-0.2, 0) is 19.1 Å².